The van der Waals surface area contributed by atoms with Gasteiger partial charge >= 0.3 is 6.09 Å². The number of anilines is 1. The summed E-state index contributed by atoms with van der Waals surface area (Å²) >= 11 is 0. The van der Waals surface area contributed by atoms with Gasteiger partial charge in [-0.2, -0.15) is 0 Å². The molecule has 2 aliphatic rings. The van der Waals surface area contributed by atoms with Crippen molar-refractivity contribution in [2.75, 3.05) is 37.7 Å². The van der Waals surface area contributed by atoms with Crippen LogP contribution in [-0.4, -0.2) is 65.9 Å². The highest BCUT2D eigenvalue weighted by Crippen LogP contribution is 2.31. The van der Waals surface area contributed by atoms with E-state index in [2.05, 4.69) is 16.9 Å². The fourth-order valence-electron chi connectivity index (χ4n) is 4.96. The number of benzene rings is 1. The Kier molecular flexibility index (Phi) is 8.23. The Hall–Kier alpha value is -3.01. The Balaban J connectivity index is 1.26. The number of likely N-dealkylation sites (tertiary alicyclic amines) is 1. The predicted molar refractivity (Wildman–Crippen MR) is 132 cm³/mol. The van der Waals surface area contributed by atoms with Gasteiger partial charge in [-0.25, -0.2) is 23.5 Å². The van der Waals surface area contributed by atoms with Gasteiger partial charge in [0.05, 0.1) is 25.1 Å². The van der Waals surface area contributed by atoms with Crippen LogP contribution in [0.25, 0.3) is 0 Å². The second kappa shape index (κ2) is 11.4. The van der Waals surface area contributed by atoms with Gasteiger partial charge in [0.15, 0.2) is 5.75 Å². The molecule has 36 heavy (non-hydrogen) atoms. The Morgan fingerprint density at radius 3 is 2.50 bits per heavy atom. The molecule has 196 valence electrons. The first-order chi connectivity index (χ1) is 17.2. The molecule has 0 saturated carbocycles. The minimum Gasteiger partial charge on any atom is -0.490 e. The molecule has 1 aromatic heterocycles. The van der Waals surface area contributed by atoms with Gasteiger partial charge in [-0.3, -0.25) is 0 Å². The molecule has 2 saturated heterocycles. The van der Waals surface area contributed by atoms with Crippen LogP contribution >= 0.6 is 0 Å². The molecular formula is C26H35F2N5O3. The van der Waals surface area contributed by atoms with Crippen molar-refractivity contribution in [2.45, 2.75) is 51.7 Å². The lowest BCUT2D eigenvalue weighted by atomic mass is 9.86. The van der Waals surface area contributed by atoms with Crippen molar-refractivity contribution >= 4 is 12.0 Å². The number of halogens is 2. The van der Waals surface area contributed by atoms with Gasteiger partial charge < -0.3 is 25.0 Å². The molecular weight excluding hydrogens is 468 g/mol. The first-order valence-corrected chi connectivity index (χ1v) is 12.6. The van der Waals surface area contributed by atoms with Crippen LogP contribution in [0.4, 0.5) is 19.5 Å². The summed E-state index contributed by atoms with van der Waals surface area (Å²) in [6.07, 6.45) is 4.72. The quantitative estimate of drug-likeness (QED) is 0.611. The van der Waals surface area contributed by atoms with E-state index in [4.69, 9.17) is 15.2 Å². The minimum absolute atomic E-state index is 0.115. The van der Waals surface area contributed by atoms with Crippen molar-refractivity contribution in [1.82, 2.24) is 14.9 Å². The highest BCUT2D eigenvalue weighted by atomic mass is 19.1. The van der Waals surface area contributed by atoms with E-state index < -0.39 is 11.6 Å². The monoisotopic (exact) mass is 503 g/mol. The molecule has 0 spiro atoms. The van der Waals surface area contributed by atoms with Gasteiger partial charge in [0, 0.05) is 38.1 Å². The molecule has 2 N–H and O–H groups in total. The van der Waals surface area contributed by atoms with Crippen LogP contribution in [0.1, 0.15) is 45.1 Å². The lowest BCUT2D eigenvalue weighted by Gasteiger charge is -2.34. The summed E-state index contributed by atoms with van der Waals surface area (Å²) in [7, 11) is 0. The molecule has 0 bridgehead atoms. The number of piperidine rings is 1. The fourth-order valence-corrected chi connectivity index (χ4v) is 4.96. The molecule has 3 atom stereocenters. The molecule has 2 fully saturated rings. The summed E-state index contributed by atoms with van der Waals surface area (Å²) < 4.78 is 39.1. The maximum Gasteiger partial charge on any atom is 0.410 e. The largest absolute Gasteiger partial charge is 0.490 e. The summed E-state index contributed by atoms with van der Waals surface area (Å²) in [6, 6.07) is 3.09. The molecule has 1 amide bonds. The number of ether oxygens (including phenoxy) is 2. The van der Waals surface area contributed by atoms with E-state index in [1.807, 2.05) is 18.7 Å². The van der Waals surface area contributed by atoms with Crippen LogP contribution in [0.2, 0.25) is 0 Å². The van der Waals surface area contributed by atoms with Crippen molar-refractivity contribution < 1.29 is 23.0 Å². The third-order valence-electron chi connectivity index (χ3n) is 7.07. The van der Waals surface area contributed by atoms with Crippen molar-refractivity contribution in [3.63, 3.8) is 0 Å². The van der Waals surface area contributed by atoms with E-state index in [-0.39, 0.29) is 29.7 Å². The Morgan fingerprint density at radius 2 is 1.83 bits per heavy atom. The SMILES string of the molecule is CC(C)OC(=O)N1CCC(C(C)COc2cnc(N3CC(N)C(c4cc(F)ccc4F)C3)nc2)CC1. The Labute approximate surface area is 210 Å². The molecule has 2 aliphatic heterocycles. The first-order valence-electron chi connectivity index (χ1n) is 12.6. The van der Waals surface area contributed by atoms with Gasteiger partial charge in [0.2, 0.25) is 5.95 Å². The van der Waals surface area contributed by atoms with Crippen LogP contribution in [0, 0.1) is 23.5 Å². The number of carbonyl (C=O) groups excluding carboxylic acids is 1. The number of amides is 1. The molecule has 4 rings (SSSR count). The molecule has 0 aliphatic carbocycles. The fraction of sp³-hybridized carbons (Fsp3) is 0.577. The lowest BCUT2D eigenvalue weighted by molar-refractivity contribution is 0.0577. The normalized spacial score (nSPS) is 21.6. The number of hydrogen-bond acceptors (Lipinski definition) is 7. The molecule has 8 nitrogen and oxygen atoms in total. The molecule has 3 heterocycles. The highest BCUT2D eigenvalue weighted by Gasteiger charge is 2.34. The molecule has 0 radical (unpaired) electrons. The number of nitrogens with two attached hydrogens (primary N) is 1. The third kappa shape index (κ3) is 6.21. The lowest BCUT2D eigenvalue weighted by Crippen LogP contribution is -2.41. The summed E-state index contributed by atoms with van der Waals surface area (Å²) in [5.74, 6) is 0.526. The highest BCUT2D eigenvalue weighted by molar-refractivity contribution is 5.67. The van der Waals surface area contributed by atoms with Gasteiger partial charge in [-0.1, -0.05) is 6.92 Å². The average Bonchev–Trinajstić information content (AvgIpc) is 3.25. The van der Waals surface area contributed by atoms with Crippen LogP contribution in [0.15, 0.2) is 30.6 Å². The minimum atomic E-state index is -0.483. The van der Waals surface area contributed by atoms with Crippen LogP contribution in [0.5, 0.6) is 5.75 Å². The van der Waals surface area contributed by atoms with Gasteiger partial charge in [-0.05, 0) is 62.3 Å². The standard InChI is InChI=1S/C26H35F2N5O3/c1-16(2)36-26(34)32-8-6-18(7-9-32)17(3)15-35-20-11-30-25(31-12-20)33-13-22(24(29)14-33)21-10-19(27)4-5-23(21)28/h4-5,10-12,16-18,22,24H,6-9,13-15,29H2,1-3H3. The average molecular weight is 504 g/mol. The smallest absolute Gasteiger partial charge is 0.410 e. The Morgan fingerprint density at radius 1 is 1.14 bits per heavy atom. The van der Waals surface area contributed by atoms with Crippen molar-refractivity contribution in [1.29, 1.82) is 0 Å². The van der Waals surface area contributed by atoms with Crippen molar-refractivity contribution in [2.24, 2.45) is 17.6 Å². The summed E-state index contributed by atoms with van der Waals surface area (Å²) in [5, 5.41) is 0. The summed E-state index contributed by atoms with van der Waals surface area (Å²) in [4.78, 5) is 24.6. The molecule has 3 unspecified atom stereocenters. The Bertz CT molecular complexity index is 1030. The van der Waals surface area contributed by atoms with E-state index in [1.54, 1.807) is 17.3 Å². The maximum atomic E-state index is 14.3. The number of rotatable bonds is 7. The zero-order chi connectivity index (χ0) is 25.8. The van der Waals surface area contributed by atoms with E-state index in [1.165, 1.54) is 6.07 Å². The second-order valence-corrected chi connectivity index (χ2v) is 10.1. The van der Waals surface area contributed by atoms with Gasteiger partial charge in [-0.15, -0.1) is 0 Å². The molecule has 1 aromatic carbocycles. The van der Waals surface area contributed by atoms with Crippen LogP contribution in [-0.2, 0) is 4.74 Å². The zero-order valence-corrected chi connectivity index (χ0v) is 21.1. The van der Waals surface area contributed by atoms with Gasteiger partial charge in [0.25, 0.3) is 0 Å². The summed E-state index contributed by atoms with van der Waals surface area (Å²) in [6.45, 7) is 8.62. The van der Waals surface area contributed by atoms with Gasteiger partial charge in [0.1, 0.15) is 11.6 Å². The number of hydrogen-bond donors (Lipinski definition) is 1. The second-order valence-electron chi connectivity index (χ2n) is 10.1. The third-order valence-corrected chi connectivity index (χ3v) is 7.07. The summed E-state index contributed by atoms with van der Waals surface area (Å²) in [5.41, 5.74) is 6.53. The topological polar surface area (TPSA) is 93.8 Å². The number of carbonyl (C=O) groups is 1. The van der Waals surface area contributed by atoms with Crippen molar-refractivity contribution in [3.05, 3.63) is 47.8 Å². The maximum absolute atomic E-state index is 14.3. The number of nitrogens with zero attached hydrogens (tertiary/aromatic N) is 4. The zero-order valence-electron chi connectivity index (χ0n) is 21.1. The van der Waals surface area contributed by atoms with E-state index in [9.17, 15) is 13.6 Å². The van der Waals surface area contributed by atoms with E-state index in [0.717, 1.165) is 25.0 Å². The predicted octanol–water partition coefficient (Wildman–Crippen LogP) is 3.96. The van der Waals surface area contributed by atoms with Crippen LogP contribution in [0.3, 0.4) is 0 Å². The van der Waals surface area contributed by atoms with Crippen molar-refractivity contribution in [3.8, 4) is 5.75 Å². The van der Waals surface area contributed by atoms with E-state index in [0.29, 0.717) is 56.3 Å². The van der Waals surface area contributed by atoms with E-state index >= 15 is 0 Å². The van der Waals surface area contributed by atoms with Crippen LogP contribution < -0.4 is 15.4 Å². The molecule has 2 aromatic rings. The number of aromatic nitrogens is 2. The first kappa shape index (κ1) is 26.1. The molecule has 10 heteroatoms.